The zero-order chi connectivity index (χ0) is 32.0. The molecule has 2 aromatic rings. The van der Waals surface area contributed by atoms with Crippen molar-refractivity contribution in [3.8, 4) is 0 Å². The van der Waals surface area contributed by atoms with Crippen LogP contribution in [-0.2, 0) is 29.2 Å². The number of rotatable bonds is 9. The van der Waals surface area contributed by atoms with Crippen LogP contribution in [0.5, 0.6) is 0 Å². The Hall–Kier alpha value is -3.26. The summed E-state index contributed by atoms with van der Waals surface area (Å²) in [5.41, 5.74) is 0. The molecule has 240 valence electrons. The summed E-state index contributed by atoms with van der Waals surface area (Å²) in [5, 5.41) is 11.3. The van der Waals surface area contributed by atoms with Crippen LogP contribution in [0.25, 0.3) is 10.8 Å². The molecule has 0 spiro atoms. The lowest BCUT2D eigenvalue weighted by molar-refractivity contribution is -0.144. The Morgan fingerprint density at radius 2 is 1.73 bits per heavy atom. The van der Waals surface area contributed by atoms with E-state index in [2.05, 4.69) is 10.2 Å². The van der Waals surface area contributed by atoms with Gasteiger partial charge in [0.1, 0.15) is 12.1 Å². The summed E-state index contributed by atoms with van der Waals surface area (Å²) in [4.78, 5) is 54.0. The molecule has 3 atom stereocenters. The average molecular weight is 650 g/mol. The molecule has 0 saturated carbocycles. The Labute approximate surface area is 262 Å². The average Bonchev–Trinajstić information content (AvgIpc) is 3.77. The van der Waals surface area contributed by atoms with E-state index in [4.69, 9.17) is 21.5 Å². The van der Waals surface area contributed by atoms with Crippen LogP contribution in [0, 0.1) is 0 Å². The van der Waals surface area contributed by atoms with Gasteiger partial charge in [-0.05, 0) is 87.2 Å². The number of sulfonamides is 1. The Morgan fingerprint density at radius 3 is 2.41 bits per heavy atom. The lowest BCUT2D eigenvalue weighted by atomic mass is 10.1. The molecule has 0 bridgehead atoms. The number of carboxylic acid groups (broad SMARTS) is 1. The smallest absolute Gasteiger partial charge is 0.290 e. The predicted molar refractivity (Wildman–Crippen MR) is 166 cm³/mol. The number of hydrogen-bond donors (Lipinski definition) is 2. The van der Waals surface area contributed by atoms with Crippen molar-refractivity contribution in [2.75, 3.05) is 46.3 Å². The fourth-order valence-electron chi connectivity index (χ4n) is 6.36. The van der Waals surface area contributed by atoms with Crippen LogP contribution in [0.15, 0.2) is 41.3 Å². The van der Waals surface area contributed by atoms with Crippen molar-refractivity contribution in [3.63, 3.8) is 0 Å². The molecular weight excluding hydrogens is 610 g/mol. The van der Waals surface area contributed by atoms with E-state index in [-0.39, 0.29) is 36.3 Å². The second-order valence-corrected chi connectivity index (χ2v) is 13.7. The Balaban J connectivity index is 0.00000141. The summed E-state index contributed by atoms with van der Waals surface area (Å²) in [6.07, 6.45) is 4.44. The van der Waals surface area contributed by atoms with Crippen molar-refractivity contribution >= 4 is 56.6 Å². The number of hydrogen-bond acceptors (Lipinski definition) is 7. The van der Waals surface area contributed by atoms with Gasteiger partial charge < -0.3 is 25.1 Å². The molecular formula is C30H40ClN5O7S. The molecule has 44 heavy (non-hydrogen) atoms. The maximum atomic E-state index is 13.9. The van der Waals surface area contributed by atoms with Gasteiger partial charge in [0.15, 0.2) is 0 Å². The lowest BCUT2D eigenvalue weighted by Gasteiger charge is -2.34. The van der Waals surface area contributed by atoms with Crippen molar-refractivity contribution in [2.45, 2.75) is 62.0 Å². The van der Waals surface area contributed by atoms with Gasteiger partial charge >= 0.3 is 0 Å². The first-order valence-corrected chi connectivity index (χ1v) is 16.7. The first kappa shape index (κ1) is 33.6. The molecule has 14 heteroatoms. The summed E-state index contributed by atoms with van der Waals surface area (Å²) in [6.45, 7) is 4.83. The molecule has 2 N–H and O–H groups in total. The molecule has 2 aromatic carbocycles. The molecule has 1 unspecified atom stereocenters. The maximum Gasteiger partial charge on any atom is 0.290 e. The summed E-state index contributed by atoms with van der Waals surface area (Å²) in [6, 6.07) is 8.10. The molecule has 5 rings (SSSR count). The van der Waals surface area contributed by atoms with Crippen molar-refractivity contribution in [1.29, 1.82) is 0 Å². The van der Waals surface area contributed by atoms with Crippen molar-refractivity contribution in [3.05, 3.63) is 41.4 Å². The predicted octanol–water partition coefficient (Wildman–Crippen LogP) is 2.01. The monoisotopic (exact) mass is 649 g/mol. The Bertz CT molecular complexity index is 1480. The summed E-state index contributed by atoms with van der Waals surface area (Å²) >= 11 is 6.08. The van der Waals surface area contributed by atoms with E-state index >= 15 is 0 Å². The minimum atomic E-state index is -4.24. The number of fused-ring (bicyclic) bond motifs is 1. The first-order chi connectivity index (χ1) is 21.0. The number of amides is 3. The topological polar surface area (TPSA) is 148 Å². The van der Waals surface area contributed by atoms with E-state index in [9.17, 15) is 22.8 Å². The molecule has 3 fully saturated rings. The van der Waals surface area contributed by atoms with Crippen molar-refractivity contribution in [1.82, 2.24) is 24.3 Å². The third-order valence-corrected chi connectivity index (χ3v) is 10.8. The first-order valence-electron chi connectivity index (χ1n) is 14.8. The molecule has 0 aromatic heterocycles. The minimum absolute atomic E-state index is 0.0200. The van der Waals surface area contributed by atoms with Gasteiger partial charge in [-0.1, -0.05) is 23.7 Å². The highest BCUT2D eigenvalue weighted by Gasteiger charge is 2.46. The molecule has 12 nitrogen and oxygen atoms in total. The van der Waals surface area contributed by atoms with E-state index in [1.807, 2.05) is 4.90 Å². The molecule has 0 aliphatic carbocycles. The molecule has 3 saturated heterocycles. The van der Waals surface area contributed by atoms with E-state index in [0.29, 0.717) is 17.0 Å². The number of halogens is 1. The second kappa shape index (κ2) is 14.7. The number of nitrogens with zero attached hydrogens (tertiary/aromatic N) is 4. The van der Waals surface area contributed by atoms with Crippen LogP contribution in [0.2, 0.25) is 5.02 Å². The van der Waals surface area contributed by atoms with Crippen LogP contribution in [0.4, 0.5) is 0 Å². The van der Waals surface area contributed by atoms with Gasteiger partial charge in [0.2, 0.25) is 27.7 Å². The highest BCUT2D eigenvalue weighted by molar-refractivity contribution is 7.89. The quantitative estimate of drug-likeness (QED) is 0.392. The number of likely N-dealkylation sites (N-methyl/N-ethyl adjacent to an activating group) is 1. The molecule has 3 heterocycles. The van der Waals surface area contributed by atoms with Gasteiger partial charge in [0, 0.05) is 37.7 Å². The van der Waals surface area contributed by atoms with Crippen LogP contribution in [0.1, 0.15) is 39.0 Å². The molecule has 3 amide bonds. The van der Waals surface area contributed by atoms with E-state index in [1.54, 1.807) is 31.2 Å². The van der Waals surface area contributed by atoms with Crippen LogP contribution >= 0.6 is 11.6 Å². The van der Waals surface area contributed by atoms with Gasteiger partial charge in [0.25, 0.3) is 6.47 Å². The highest BCUT2D eigenvalue weighted by atomic mass is 35.5. The summed E-state index contributed by atoms with van der Waals surface area (Å²) in [5.74, 6) is -1.09. The molecule has 0 radical (unpaired) electrons. The van der Waals surface area contributed by atoms with Gasteiger partial charge in [-0.3, -0.25) is 19.2 Å². The van der Waals surface area contributed by atoms with Gasteiger partial charge in [-0.15, -0.1) is 0 Å². The largest absolute Gasteiger partial charge is 0.483 e. The maximum absolute atomic E-state index is 13.9. The number of nitrogens with one attached hydrogen (secondary N) is 1. The second-order valence-electron chi connectivity index (χ2n) is 11.3. The zero-order valence-electron chi connectivity index (χ0n) is 25.0. The Morgan fingerprint density at radius 1 is 1.07 bits per heavy atom. The van der Waals surface area contributed by atoms with Crippen LogP contribution < -0.4 is 5.32 Å². The van der Waals surface area contributed by atoms with Gasteiger partial charge in [0.05, 0.1) is 11.4 Å². The van der Waals surface area contributed by atoms with Gasteiger partial charge in [-0.2, -0.15) is 4.31 Å². The number of benzene rings is 2. The highest BCUT2D eigenvalue weighted by Crippen LogP contribution is 2.30. The van der Waals surface area contributed by atoms with Crippen LogP contribution in [0.3, 0.4) is 0 Å². The SMILES string of the molecule is CNC(=O)CN([C@@H]1CCN([C@@H](C)C(=O)N2CCCC2CN2CCCC2)C1=O)S(=O)(=O)c1ccc2cc(Cl)ccc2c1.O=CO. The third-order valence-electron chi connectivity index (χ3n) is 8.67. The fraction of sp³-hybridized carbons (Fsp3) is 0.533. The number of carbonyl (C=O) groups is 4. The van der Waals surface area contributed by atoms with E-state index < -0.39 is 40.5 Å². The van der Waals surface area contributed by atoms with E-state index in [1.165, 1.54) is 36.9 Å². The minimum Gasteiger partial charge on any atom is -0.483 e. The fourth-order valence-corrected chi connectivity index (χ4v) is 8.15. The lowest BCUT2D eigenvalue weighted by Crippen LogP contribution is -2.54. The molecule has 3 aliphatic heterocycles. The Kier molecular flexibility index (Phi) is 11.2. The standard InChI is InChI=1S/C29H38ClN5O5S.CH2O2/c1-20(28(37)34-14-5-6-24(34)18-32-12-3-4-13-32)33-15-11-26(29(33)38)35(19-27(36)31-2)41(39,40)25-10-8-21-16-23(30)9-7-22(21)17-25;2-1-3/h7-10,16-17,20,24,26H,3-6,11-15,18-19H2,1-2H3,(H,31,36);1H,(H,2,3)/t20-,24?,26+;/m0./s1. The van der Waals surface area contributed by atoms with Crippen LogP contribution in [-0.4, -0.2) is 121 Å². The molecule has 3 aliphatic rings. The van der Waals surface area contributed by atoms with Gasteiger partial charge in [-0.25, -0.2) is 8.42 Å². The van der Waals surface area contributed by atoms with Crippen molar-refractivity contribution < 1.29 is 32.7 Å². The zero-order valence-corrected chi connectivity index (χ0v) is 26.6. The van der Waals surface area contributed by atoms with E-state index in [0.717, 1.165) is 42.2 Å². The van der Waals surface area contributed by atoms with Crippen molar-refractivity contribution in [2.24, 2.45) is 0 Å². The number of carbonyl (C=O) groups excluding carboxylic acids is 3. The summed E-state index contributed by atoms with van der Waals surface area (Å²) < 4.78 is 28.8. The third kappa shape index (κ3) is 7.33. The number of likely N-dealkylation sites (tertiary alicyclic amines) is 3. The summed E-state index contributed by atoms with van der Waals surface area (Å²) in [7, 11) is -2.82. The normalized spacial score (nSPS) is 21.4.